The second-order valence-corrected chi connectivity index (χ2v) is 9.70. The van der Waals surface area contributed by atoms with E-state index in [4.69, 9.17) is 9.47 Å². The number of benzene rings is 3. The largest absolute Gasteiger partial charge is 0.506 e. The number of carbonyl (C=O) groups is 1. The summed E-state index contributed by atoms with van der Waals surface area (Å²) in [5.74, 6) is -1.06. The highest BCUT2D eigenvalue weighted by atomic mass is 19.4. The molecule has 0 radical (unpaired) electrons. The molecule has 1 aliphatic rings. The highest BCUT2D eigenvalue weighted by Gasteiger charge is 2.37. The molecule has 7 heteroatoms. The number of halogens is 3. The number of alkyl halides is 3. The molecule has 1 aliphatic carbocycles. The number of hydrogen-bond acceptors (Lipinski definition) is 4. The van der Waals surface area contributed by atoms with Gasteiger partial charge in [0.1, 0.15) is 29.3 Å². The van der Waals surface area contributed by atoms with E-state index in [0.29, 0.717) is 11.7 Å². The summed E-state index contributed by atoms with van der Waals surface area (Å²) in [5.41, 5.74) is 0.699. The van der Waals surface area contributed by atoms with Crippen LogP contribution in [0.1, 0.15) is 66.6 Å². The van der Waals surface area contributed by atoms with E-state index >= 15 is 0 Å². The van der Waals surface area contributed by atoms with Crippen LogP contribution in [-0.2, 0) is 17.5 Å². The van der Waals surface area contributed by atoms with E-state index in [1.54, 1.807) is 32.9 Å². The van der Waals surface area contributed by atoms with Gasteiger partial charge in [0.25, 0.3) is 0 Å². The SMILES string of the molecule is CC(C)(C)OC(=O)c1c(COc2ccc(-c3ccc(C4CC4)cc3)cc2)ccc(C(F)(F)F)c1O. The molecular formula is C28H27F3O4. The van der Waals surface area contributed by atoms with Crippen molar-refractivity contribution >= 4 is 5.97 Å². The summed E-state index contributed by atoms with van der Waals surface area (Å²) >= 11 is 0. The molecule has 0 amide bonds. The lowest BCUT2D eigenvalue weighted by Gasteiger charge is -2.22. The van der Waals surface area contributed by atoms with Gasteiger partial charge in [0.15, 0.2) is 0 Å². The maximum absolute atomic E-state index is 13.3. The average molecular weight is 485 g/mol. The monoisotopic (exact) mass is 484 g/mol. The number of carbonyl (C=O) groups excluding carboxylic acids is 1. The minimum absolute atomic E-state index is 0.0875. The molecule has 4 rings (SSSR count). The summed E-state index contributed by atoms with van der Waals surface area (Å²) in [7, 11) is 0. The summed E-state index contributed by atoms with van der Waals surface area (Å²) in [6.45, 7) is 4.54. The Morgan fingerprint density at radius 3 is 2.00 bits per heavy atom. The molecule has 0 saturated heterocycles. The molecule has 0 spiro atoms. The Labute approximate surface area is 202 Å². The highest BCUT2D eigenvalue weighted by Crippen LogP contribution is 2.41. The van der Waals surface area contributed by atoms with Crippen molar-refractivity contribution in [2.24, 2.45) is 0 Å². The van der Waals surface area contributed by atoms with Crippen LogP contribution in [0.4, 0.5) is 13.2 Å². The minimum Gasteiger partial charge on any atom is -0.506 e. The summed E-state index contributed by atoms with van der Waals surface area (Å²) < 4.78 is 50.9. The van der Waals surface area contributed by atoms with Crippen LogP contribution >= 0.6 is 0 Å². The van der Waals surface area contributed by atoms with Crippen molar-refractivity contribution in [3.63, 3.8) is 0 Å². The van der Waals surface area contributed by atoms with Crippen molar-refractivity contribution in [3.05, 3.63) is 82.9 Å². The minimum atomic E-state index is -4.83. The van der Waals surface area contributed by atoms with Crippen molar-refractivity contribution < 1.29 is 32.5 Å². The van der Waals surface area contributed by atoms with E-state index in [0.717, 1.165) is 23.3 Å². The van der Waals surface area contributed by atoms with Gasteiger partial charge in [-0.05, 0) is 74.4 Å². The molecule has 3 aromatic carbocycles. The van der Waals surface area contributed by atoms with Crippen molar-refractivity contribution in [1.29, 1.82) is 0 Å². The predicted octanol–water partition coefficient (Wildman–Crippen LogP) is 7.49. The molecule has 3 aromatic rings. The zero-order valence-electron chi connectivity index (χ0n) is 19.8. The zero-order chi connectivity index (χ0) is 25.4. The van der Waals surface area contributed by atoms with Gasteiger partial charge in [0.2, 0.25) is 0 Å². The maximum Gasteiger partial charge on any atom is 0.419 e. The number of phenols is 1. The van der Waals surface area contributed by atoms with E-state index in [1.165, 1.54) is 18.4 Å². The summed E-state index contributed by atoms with van der Waals surface area (Å²) in [6.07, 6.45) is -2.33. The molecule has 184 valence electrons. The van der Waals surface area contributed by atoms with E-state index in [2.05, 4.69) is 24.3 Å². The summed E-state index contributed by atoms with van der Waals surface area (Å²) in [6, 6.07) is 17.6. The fourth-order valence-corrected chi connectivity index (χ4v) is 3.81. The highest BCUT2D eigenvalue weighted by molar-refractivity contribution is 5.95. The smallest absolute Gasteiger partial charge is 0.419 e. The molecule has 4 nitrogen and oxygen atoms in total. The number of phenolic OH excluding ortho intramolecular Hbond substituents is 1. The second kappa shape index (κ2) is 9.29. The Bertz CT molecular complexity index is 1200. The zero-order valence-corrected chi connectivity index (χ0v) is 19.8. The van der Waals surface area contributed by atoms with E-state index in [-0.39, 0.29) is 12.2 Å². The van der Waals surface area contributed by atoms with E-state index in [1.807, 2.05) is 12.1 Å². The lowest BCUT2D eigenvalue weighted by molar-refractivity contribution is -0.138. The van der Waals surface area contributed by atoms with Gasteiger partial charge in [0, 0.05) is 5.56 Å². The molecule has 1 fully saturated rings. The lowest BCUT2D eigenvalue weighted by atomic mass is 10.0. The van der Waals surface area contributed by atoms with Gasteiger partial charge >= 0.3 is 12.1 Å². The Kier molecular flexibility index (Phi) is 6.54. The van der Waals surface area contributed by atoms with Crippen LogP contribution in [0.15, 0.2) is 60.7 Å². The molecule has 0 bridgehead atoms. The van der Waals surface area contributed by atoms with Crippen LogP contribution in [0, 0.1) is 0 Å². The first-order valence-electron chi connectivity index (χ1n) is 11.4. The van der Waals surface area contributed by atoms with Crippen LogP contribution < -0.4 is 4.74 Å². The van der Waals surface area contributed by atoms with Gasteiger partial charge < -0.3 is 14.6 Å². The molecule has 1 N–H and O–H groups in total. The number of hydrogen-bond donors (Lipinski definition) is 1. The Balaban J connectivity index is 1.53. The summed E-state index contributed by atoms with van der Waals surface area (Å²) in [4.78, 5) is 12.7. The average Bonchev–Trinajstić information content (AvgIpc) is 3.61. The Hall–Kier alpha value is -3.48. The first kappa shape index (κ1) is 24.6. The number of ether oxygens (including phenoxy) is 2. The van der Waals surface area contributed by atoms with Gasteiger partial charge in [0.05, 0.1) is 5.56 Å². The van der Waals surface area contributed by atoms with Crippen molar-refractivity contribution in [2.75, 3.05) is 0 Å². The third-order valence-electron chi connectivity index (χ3n) is 5.71. The van der Waals surface area contributed by atoms with Crippen LogP contribution in [0.3, 0.4) is 0 Å². The molecule has 0 aliphatic heterocycles. The van der Waals surface area contributed by atoms with Crippen LogP contribution in [0.5, 0.6) is 11.5 Å². The van der Waals surface area contributed by atoms with Gasteiger partial charge in [-0.15, -0.1) is 0 Å². The maximum atomic E-state index is 13.3. The number of aromatic hydroxyl groups is 1. The predicted molar refractivity (Wildman–Crippen MR) is 126 cm³/mol. The lowest BCUT2D eigenvalue weighted by Crippen LogP contribution is -2.25. The van der Waals surface area contributed by atoms with Gasteiger partial charge in [-0.3, -0.25) is 0 Å². The third kappa shape index (κ3) is 5.96. The van der Waals surface area contributed by atoms with Crippen LogP contribution in [0.2, 0.25) is 0 Å². The molecule has 35 heavy (non-hydrogen) atoms. The van der Waals surface area contributed by atoms with E-state index in [9.17, 15) is 23.1 Å². The first-order chi connectivity index (χ1) is 16.4. The molecular weight excluding hydrogens is 457 g/mol. The van der Waals surface area contributed by atoms with Crippen LogP contribution in [0.25, 0.3) is 11.1 Å². The third-order valence-corrected chi connectivity index (χ3v) is 5.71. The van der Waals surface area contributed by atoms with Crippen molar-refractivity contribution in [1.82, 2.24) is 0 Å². The quantitative estimate of drug-likeness (QED) is 0.368. The molecule has 0 aromatic heterocycles. The number of esters is 1. The van der Waals surface area contributed by atoms with Gasteiger partial charge in [-0.1, -0.05) is 42.5 Å². The number of rotatable bonds is 6. The Morgan fingerprint density at radius 1 is 0.914 bits per heavy atom. The topological polar surface area (TPSA) is 55.8 Å². The Morgan fingerprint density at radius 2 is 1.49 bits per heavy atom. The standard InChI is InChI=1S/C28H27F3O4/c1-27(2,3)35-26(33)24-21(12-15-23(25(24)32)28(29,30)31)16-34-22-13-10-20(11-14-22)19-8-6-18(7-9-19)17-4-5-17/h6-15,17,32H,4-5,16H2,1-3H3. The van der Waals surface area contributed by atoms with Gasteiger partial charge in [-0.25, -0.2) is 4.79 Å². The normalized spacial score (nSPS) is 14.0. The molecule has 0 heterocycles. The summed E-state index contributed by atoms with van der Waals surface area (Å²) in [5, 5.41) is 10.3. The fraction of sp³-hybridized carbons (Fsp3) is 0.321. The van der Waals surface area contributed by atoms with Gasteiger partial charge in [-0.2, -0.15) is 13.2 Å². The fourth-order valence-electron chi connectivity index (χ4n) is 3.81. The van der Waals surface area contributed by atoms with Crippen LogP contribution in [-0.4, -0.2) is 16.7 Å². The second-order valence-electron chi connectivity index (χ2n) is 9.70. The molecule has 1 saturated carbocycles. The molecule has 0 unspecified atom stereocenters. The molecule has 0 atom stereocenters. The van der Waals surface area contributed by atoms with Crippen molar-refractivity contribution in [3.8, 4) is 22.6 Å². The first-order valence-corrected chi connectivity index (χ1v) is 11.4. The van der Waals surface area contributed by atoms with Crippen molar-refractivity contribution in [2.45, 2.75) is 57.9 Å². The van der Waals surface area contributed by atoms with E-state index < -0.39 is 34.6 Å².